The molecular formula is C26H31O3P. The Morgan fingerprint density at radius 2 is 1.13 bits per heavy atom. The van der Waals surface area contributed by atoms with E-state index in [1.54, 1.807) is 24.3 Å². The van der Waals surface area contributed by atoms with Gasteiger partial charge < -0.3 is 9.05 Å². The van der Waals surface area contributed by atoms with E-state index in [2.05, 4.69) is 46.8 Å². The Kier molecular flexibility index (Phi) is 6.43. The zero-order valence-corrected chi connectivity index (χ0v) is 19.4. The lowest BCUT2D eigenvalue weighted by Crippen LogP contribution is -2.24. The Labute approximate surface area is 180 Å². The van der Waals surface area contributed by atoms with E-state index >= 15 is 0 Å². The van der Waals surface area contributed by atoms with E-state index in [1.807, 2.05) is 48.5 Å². The predicted molar refractivity (Wildman–Crippen MR) is 125 cm³/mol. The molecular weight excluding hydrogens is 391 g/mol. The van der Waals surface area contributed by atoms with Gasteiger partial charge in [-0.05, 0) is 59.2 Å². The van der Waals surface area contributed by atoms with Crippen LogP contribution in [0.1, 0.15) is 46.6 Å². The summed E-state index contributed by atoms with van der Waals surface area (Å²) < 4.78 is 25.7. The Morgan fingerprint density at radius 1 is 0.667 bits per heavy atom. The molecule has 0 aliphatic carbocycles. The van der Waals surface area contributed by atoms with Crippen molar-refractivity contribution in [1.82, 2.24) is 0 Å². The summed E-state index contributed by atoms with van der Waals surface area (Å²) in [4.78, 5) is 0. The summed E-state index contributed by atoms with van der Waals surface area (Å²) >= 11 is 0. The second-order valence-corrected chi connectivity index (χ2v) is 11.4. The van der Waals surface area contributed by atoms with Crippen molar-refractivity contribution >= 4 is 12.9 Å². The first-order valence-electron chi connectivity index (χ1n) is 10.3. The molecule has 0 saturated carbocycles. The summed E-state index contributed by atoms with van der Waals surface area (Å²) in [6, 6.07) is 26.1. The fraction of sp³-hybridized carbons (Fsp3) is 0.308. The molecule has 3 aromatic rings. The summed E-state index contributed by atoms with van der Waals surface area (Å²) in [5.41, 5.74) is 1.48. The van der Waals surface area contributed by atoms with Crippen molar-refractivity contribution in [2.75, 3.05) is 0 Å². The molecule has 0 fully saturated rings. The summed E-state index contributed by atoms with van der Waals surface area (Å²) in [6.45, 7) is 11.3. The molecule has 3 rings (SSSR count). The van der Waals surface area contributed by atoms with Crippen LogP contribution in [0.2, 0.25) is 0 Å². The number of hydrogen-bond acceptors (Lipinski definition) is 3. The van der Waals surface area contributed by atoms with Gasteiger partial charge in [0.2, 0.25) is 0 Å². The van der Waals surface area contributed by atoms with Crippen LogP contribution in [0, 0.1) is 5.41 Å². The molecule has 1 atom stereocenters. The van der Waals surface area contributed by atoms with Gasteiger partial charge in [0.05, 0.1) is 5.30 Å². The first-order valence-corrected chi connectivity index (χ1v) is 11.8. The maximum atomic E-state index is 13.8. The largest absolute Gasteiger partial charge is 0.462 e. The van der Waals surface area contributed by atoms with Crippen molar-refractivity contribution in [3.05, 3.63) is 90.5 Å². The summed E-state index contributed by atoms with van der Waals surface area (Å²) in [7, 11) is -3.60. The third-order valence-corrected chi connectivity index (χ3v) is 6.71. The molecule has 0 amide bonds. The molecule has 0 aliphatic rings. The monoisotopic (exact) mass is 422 g/mol. The zero-order chi connectivity index (χ0) is 21.8. The fourth-order valence-corrected chi connectivity index (χ4v) is 5.47. The van der Waals surface area contributed by atoms with Gasteiger partial charge in [-0.1, -0.05) is 83.1 Å². The molecule has 0 aromatic heterocycles. The van der Waals surface area contributed by atoms with Crippen molar-refractivity contribution in [2.24, 2.45) is 5.41 Å². The first-order chi connectivity index (χ1) is 14.1. The molecule has 0 N–H and O–H groups in total. The van der Waals surface area contributed by atoms with Crippen LogP contribution >= 0.6 is 7.60 Å². The number of hydrogen-bond donors (Lipinski definition) is 0. The molecule has 3 aromatic carbocycles. The number of benzene rings is 3. The van der Waals surface area contributed by atoms with E-state index in [1.165, 1.54) is 5.56 Å². The lowest BCUT2D eigenvalue weighted by atomic mass is 9.72. The van der Waals surface area contributed by atoms with Crippen molar-refractivity contribution < 1.29 is 13.6 Å². The Bertz CT molecular complexity index is 988. The predicted octanol–water partition coefficient (Wildman–Crippen LogP) is 7.38. The lowest BCUT2D eigenvalue weighted by molar-refractivity contribution is 0.284. The molecule has 158 valence electrons. The van der Waals surface area contributed by atoms with Crippen LogP contribution in [0.25, 0.3) is 0 Å². The van der Waals surface area contributed by atoms with Crippen LogP contribution in [0.3, 0.4) is 0 Å². The van der Waals surface area contributed by atoms with Gasteiger partial charge in [-0.3, -0.25) is 0 Å². The molecule has 1 unspecified atom stereocenters. The van der Waals surface area contributed by atoms with Crippen LogP contribution in [0.5, 0.6) is 11.5 Å². The van der Waals surface area contributed by atoms with Gasteiger partial charge >= 0.3 is 7.60 Å². The van der Waals surface area contributed by atoms with Crippen molar-refractivity contribution in [2.45, 2.75) is 46.5 Å². The van der Waals surface area contributed by atoms with Crippen molar-refractivity contribution in [3.8, 4) is 11.5 Å². The highest BCUT2D eigenvalue weighted by Gasteiger charge is 2.32. The first kappa shape index (κ1) is 22.2. The Balaban J connectivity index is 1.87. The van der Waals surface area contributed by atoms with E-state index < -0.39 is 7.60 Å². The lowest BCUT2D eigenvalue weighted by Gasteiger charge is -2.33. The average Bonchev–Trinajstić information content (AvgIpc) is 2.68. The highest BCUT2D eigenvalue weighted by Crippen LogP contribution is 2.48. The molecule has 3 nitrogen and oxygen atoms in total. The molecule has 30 heavy (non-hydrogen) atoms. The van der Waals surface area contributed by atoms with Gasteiger partial charge in [-0.25, -0.2) is 4.57 Å². The summed E-state index contributed by atoms with van der Waals surface area (Å²) in [5, 5.41) is 0.519. The standard InChI is InChI=1S/C26H31O3P/c1-25(2,3)20-26(4,5)21-16-18-23(19-17-21)29-30(27,24-14-10-7-11-15-24)28-22-12-8-6-9-13-22/h6-19H,20H2,1-5H3. The molecule has 0 bridgehead atoms. The topological polar surface area (TPSA) is 35.5 Å². The molecule has 0 spiro atoms. The SMILES string of the molecule is CC(C)(C)CC(C)(C)c1ccc(OP(=O)(Oc2ccccc2)c2ccccc2)cc1. The molecule has 0 aliphatic heterocycles. The fourth-order valence-electron chi connectivity index (χ4n) is 3.89. The minimum absolute atomic E-state index is 0.0282. The van der Waals surface area contributed by atoms with Crippen molar-refractivity contribution in [1.29, 1.82) is 0 Å². The minimum Gasteiger partial charge on any atom is -0.413 e. The Morgan fingerprint density at radius 3 is 1.63 bits per heavy atom. The van der Waals surface area contributed by atoms with E-state index in [4.69, 9.17) is 9.05 Å². The van der Waals surface area contributed by atoms with Crippen molar-refractivity contribution in [3.63, 3.8) is 0 Å². The third-order valence-electron chi connectivity index (χ3n) is 4.87. The summed E-state index contributed by atoms with van der Waals surface area (Å²) in [5.74, 6) is 1.03. The third kappa shape index (κ3) is 5.77. The van der Waals surface area contributed by atoms with E-state index in [-0.39, 0.29) is 10.8 Å². The van der Waals surface area contributed by atoms with Crippen LogP contribution in [-0.2, 0) is 9.98 Å². The molecule has 0 radical (unpaired) electrons. The van der Waals surface area contributed by atoms with Gasteiger partial charge in [0.15, 0.2) is 0 Å². The molecule has 0 heterocycles. The van der Waals surface area contributed by atoms with E-state index in [9.17, 15) is 4.57 Å². The number of para-hydroxylation sites is 1. The van der Waals surface area contributed by atoms with E-state index in [0.29, 0.717) is 16.8 Å². The Hall–Kier alpha value is -2.51. The van der Waals surface area contributed by atoms with Gasteiger partial charge in [0.25, 0.3) is 0 Å². The highest BCUT2D eigenvalue weighted by atomic mass is 31.2. The number of rotatable bonds is 7. The van der Waals surface area contributed by atoms with Crippen LogP contribution in [-0.4, -0.2) is 0 Å². The average molecular weight is 423 g/mol. The van der Waals surface area contributed by atoms with Gasteiger partial charge in [0, 0.05) is 0 Å². The van der Waals surface area contributed by atoms with Gasteiger partial charge in [-0.2, -0.15) is 0 Å². The van der Waals surface area contributed by atoms with E-state index in [0.717, 1.165) is 6.42 Å². The smallest absolute Gasteiger partial charge is 0.413 e. The van der Waals surface area contributed by atoms with Gasteiger partial charge in [-0.15, -0.1) is 0 Å². The second kappa shape index (κ2) is 8.70. The van der Waals surface area contributed by atoms with Crippen LogP contribution in [0.4, 0.5) is 0 Å². The zero-order valence-electron chi connectivity index (χ0n) is 18.5. The minimum atomic E-state index is -3.60. The second-order valence-electron chi connectivity index (χ2n) is 9.47. The van der Waals surface area contributed by atoms with Crippen LogP contribution < -0.4 is 14.4 Å². The van der Waals surface area contributed by atoms with Crippen LogP contribution in [0.15, 0.2) is 84.9 Å². The molecule has 4 heteroatoms. The summed E-state index contributed by atoms with van der Waals surface area (Å²) in [6.07, 6.45) is 1.06. The quantitative estimate of drug-likeness (QED) is 0.373. The maximum Gasteiger partial charge on any atom is 0.462 e. The normalized spacial score (nSPS) is 14.0. The highest BCUT2D eigenvalue weighted by molar-refractivity contribution is 7.63. The maximum absolute atomic E-state index is 13.8. The molecule has 0 saturated heterocycles. The van der Waals surface area contributed by atoms with Gasteiger partial charge in [0.1, 0.15) is 11.5 Å².